The zero-order valence-corrected chi connectivity index (χ0v) is 16.8. The number of esters is 1. The molecule has 0 radical (unpaired) electrons. The average Bonchev–Trinajstić information content (AvgIpc) is 2.97. The maximum absolute atomic E-state index is 13.2. The third kappa shape index (κ3) is 3.15. The van der Waals surface area contributed by atoms with Crippen LogP contribution in [0.1, 0.15) is 5.69 Å². The first-order valence-corrected chi connectivity index (χ1v) is 8.71. The maximum atomic E-state index is 13.2. The second-order valence-corrected chi connectivity index (χ2v) is 6.63. The molecule has 0 spiro atoms. The van der Waals surface area contributed by atoms with Gasteiger partial charge in [-0.3, -0.25) is 9.59 Å². The number of methoxy groups -OCH3 is 1. The molecular formula is C20H17Cl2N3O3. The number of carbonyl (C=O) groups is 1. The topological polar surface area (TPSA) is 66.1 Å². The highest BCUT2D eigenvalue weighted by Crippen LogP contribution is 2.30. The van der Waals surface area contributed by atoms with Crippen LogP contribution in [-0.4, -0.2) is 27.4 Å². The summed E-state index contributed by atoms with van der Waals surface area (Å²) in [5.41, 5.74) is 2.10. The summed E-state index contributed by atoms with van der Waals surface area (Å²) in [7, 11) is 3.13. The number of para-hydroxylation sites is 1. The molecule has 28 heavy (non-hydrogen) atoms. The smallest absolute Gasteiger partial charge is 0.311 e. The molecule has 2 heterocycles. The van der Waals surface area contributed by atoms with Gasteiger partial charge in [0.15, 0.2) is 0 Å². The monoisotopic (exact) mass is 417 g/mol. The largest absolute Gasteiger partial charge is 0.469 e. The molecule has 0 amide bonds. The van der Waals surface area contributed by atoms with Gasteiger partial charge in [0, 0.05) is 22.8 Å². The molecule has 0 atom stereocenters. The van der Waals surface area contributed by atoms with E-state index >= 15 is 0 Å². The van der Waals surface area contributed by atoms with Gasteiger partial charge in [-0.25, -0.2) is 0 Å². The van der Waals surface area contributed by atoms with Crippen molar-refractivity contribution in [3.05, 3.63) is 69.6 Å². The maximum Gasteiger partial charge on any atom is 0.311 e. The van der Waals surface area contributed by atoms with Crippen molar-refractivity contribution >= 4 is 51.8 Å². The second kappa shape index (κ2) is 7.66. The molecule has 4 aromatic rings. The van der Waals surface area contributed by atoms with Crippen LogP contribution in [0.4, 0.5) is 0 Å². The van der Waals surface area contributed by atoms with Crippen LogP contribution in [0.5, 0.6) is 0 Å². The Morgan fingerprint density at radius 1 is 1.18 bits per heavy atom. The molecule has 0 aliphatic carbocycles. The van der Waals surface area contributed by atoms with Crippen molar-refractivity contribution in [3.8, 4) is 5.69 Å². The van der Waals surface area contributed by atoms with Crippen LogP contribution in [0.3, 0.4) is 0 Å². The fourth-order valence-electron chi connectivity index (χ4n) is 3.35. The number of hydrogen-bond donors (Lipinski definition) is 0. The van der Waals surface area contributed by atoms with Crippen LogP contribution < -0.4 is 5.56 Å². The van der Waals surface area contributed by atoms with E-state index < -0.39 is 5.97 Å². The Hall–Kier alpha value is -2.83. The Bertz CT molecular complexity index is 1250. The van der Waals surface area contributed by atoms with Crippen LogP contribution in [0.15, 0.2) is 53.3 Å². The van der Waals surface area contributed by atoms with Crippen molar-refractivity contribution in [2.45, 2.75) is 6.42 Å². The predicted octanol–water partition coefficient (Wildman–Crippen LogP) is 3.67. The van der Waals surface area contributed by atoms with E-state index in [0.29, 0.717) is 27.3 Å². The molecule has 0 fully saturated rings. The molecule has 0 saturated carbocycles. The lowest BCUT2D eigenvalue weighted by atomic mass is 10.1. The highest BCUT2D eigenvalue weighted by atomic mass is 35.5. The Morgan fingerprint density at radius 3 is 2.57 bits per heavy atom. The van der Waals surface area contributed by atoms with Crippen molar-refractivity contribution < 1.29 is 9.53 Å². The fraction of sp³-hybridized carbons (Fsp3) is 0.150. The highest BCUT2D eigenvalue weighted by Gasteiger charge is 2.21. The predicted molar refractivity (Wildman–Crippen MR) is 112 cm³/mol. The number of halogens is 2. The molecule has 0 bridgehead atoms. The van der Waals surface area contributed by atoms with Crippen LogP contribution in [0, 0.1) is 0 Å². The molecule has 0 aliphatic rings. The lowest BCUT2D eigenvalue weighted by molar-refractivity contribution is -0.139. The van der Waals surface area contributed by atoms with E-state index in [-0.39, 0.29) is 24.4 Å². The SMILES string of the molecule is COC(=O)Cc1nn(-c2ccccc2)c(=O)c2c1c1ccc(Cl)cc1n2C.Cl. The number of carbonyl (C=O) groups excluding carboxylic acids is 1. The van der Waals surface area contributed by atoms with Crippen LogP contribution in [0.25, 0.3) is 27.5 Å². The first-order chi connectivity index (χ1) is 13.0. The van der Waals surface area contributed by atoms with E-state index in [0.717, 1.165) is 10.9 Å². The van der Waals surface area contributed by atoms with Gasteiger partial charge >= 0.3 is 5.97 Å². The summed E-state index contributed by atoms with van der Waals surface area (Å²) in [6.45, 7) is 0. The third-order valence-corrected chi connectivity index (χ3v) is 4.84. The Labute approximate surface area is 171 Å². The number of nitrogens with zero attached hydrogens (tertiary/aromatic N) is 3. The molecule has 2 aromatic carbocycles. The van der Waals surface area contributed by atoms with Crippen molar-refractivity contribution in [3.63, 3.8) is 0 Å². The summed E-state index contributed by atoms with van der Waals surface area (Å²) < 4.78 is 7.94. The molecule has 4 rings (SSSR count). The summed E-state index contributed by atoms with van der Waals surface area (Å²) >= 11 is 6.15. The molecule has 6 nitrogen and oxygen atoms in total. The van der Waals surface area contributed by atoms with Crippen LogP contribution in [-0.2, 0) is 23.0 Å². The summed E-state index contributed by atoms with van der Waals surface area (Å²) in [6.07, 6.45) is -0.0398. The van der Waals surface area contributed by atoms with Gasteiger partial charge in [-0.05, 0) is 24.3 Å². The number of benzene rings is 2. The molecular weight excluding hydrogens is 401 g/mol. The highest BCUT2D eigenvalue weighted by molar-refractivity contribution is 6.31. The van der Waals surface area contributed by atoms with E-state index in [1.165, 1.54) is 11.8 Å². The normalized spacial score (nSPS) is 10.8. The molecule has 144 valence electrons. The number of rotatable bonds is 3. The number of ether oxygens (including phenoxy) is 1. The number of aryl methyl sites for hydroxylation is 1. The summed E-state index contributed by atoms with van der Waals surface area (Å²) in [5.74, 6) is -0.423. The summed E-state index contributed by atoms with van der Waals surface area (Å²) in [4.78, 5) is 25.2. The first-order valence-electron chi connectivity index (χ1n) is 8.33. The Morgan fingerprint density at radius 2 is 1.89 bits per heavy atom. The number of aromatic nitrogens is 3. The molecule has 8 heteroatoms. The van der Waals surface area contributed by atoms with E-state index in [2.05, 4.69) is 5.10 Å². The summed E-state index contributed by atoms with van der Waals surface area (Å²) in [5, 5.41) is 6.54. The van der Waals surface area contributed by atoms with Gasteiger partial charge in [-0.15, -0.1) is 12.4 Å². The van der Waals surface area contributed by atoms with Gasteiger partial charge in [0.2, 0.25) is 0 Å². The van der Waals surface area contributed by atoms with Gasteiger partial charge in [0.25, 0.3) is 5.56 Å². The zero-order valence-electron chi connectivity index (χ0n) is 15.2. The third-order valence-electron chi connectivity index (χ3n) is 4.61. The van der Waals surface area contributed by atoms with E-state index in [1.54, 1.807) is 35.9 Å². The lowest BCUT2D eigenvalue weighted by Gasteiger charge is -2.09. The van der Waals surface area contributed by atoms with E-state index in [9.17, 15) is 9.59 Å². The van der Waals surface area contributed by atoms with Crippen molar-refractivity contribution in [1.82, 2.24) is 14.3 Å². The minimum atomic E-state index is -0.423. The van der Waals surface area contributed by atoms with Crippen molar-refractivity contribution in [1.29, 1.82) is 0 Å². The zero-order chi connectivity index (χ0) is 19.1. The Balaban J connectivity index is 0.00000225. The average molecular weight is 418 g/mol. The van der Waals surface area contributed by atoms with Crippen molar-refractivity contribution in [2.75, 3.05) is 7.11 Å². The molecule has 0 unspecified atom stereocenters. The van der Waals surface area contributed by atoms with Gasteiger partial charge < -0.3 is 9.30 Å². The molecule has 0 aliphatic heterocycles. The van der Waals surface area contributed by atoms with Gasteiger partial charge in [-0.1, -0.05) is 35.9 Å². The van der Waals surface area contributed by atoms with Gasteiger partial charge in [0.1, 0.15) is 5.52 Å². The minimum Gasteiger partial charge on any atom is -0.469 e. The second-order valence-electron chi connectivity index (χ2n) is 6.20. The van der Waals surface area contributed by atoms with Crippen LogP contribution >= 0.6 is 24.0 Å². The quantitative estimate of drug-likeness (QED) is 0.477. The number of fused-ring (bicyclic) bond motifs is 3. The molecule has 2 aromatic heterocycles. The number of hydrogen-bond acceptors (Lipinski definition) is 4. The van der Waals surface area contributed by atoms with Crippen molar-refractivity contribution in [2.24, 2.45) is 7.05 Å². The van der Waals surface area contributed by atoms with Crippen LogP contribution in [0.2, 0.25) is 5.02 Å². The molecule has 0 N–H and O–H groups in total. The van der Waals surface area contributed by atoms with E-state index in [1.807, 2.05) is 24.3 Å². The first kappa shape index (κ1) is 19.9. The van der Waals surface area contributed by atoms with Gasteiger partial charge in [0.05, 0.1) is 30.4 Å². The molecule has 0 saturated heterocycles. The fourth-order valence-corrected chi connectivity index (χ4v) is 3.51. The Kier molecular flexibility index (Phi) is 5.45. The lowest BCUT2D eigenvalue weighted by Crippen LogP contribution is -2.25. The minimum absolute atomic E-state index is 0. The van der Waals surface area contributed by atoms with E-state index in [4.69, 9.17) is 16.3 Å². The summed E-state index contributed by atoms with van der Waals surface area (Å²) in [6, 6.07) is 14.5. The van der Waals surface area contributed by atoms with Gasteiger partial charge in [-0.2, -0.15) is 9.78 Å². The standard InChI is InChI=1S/C20H16ClN3O3.ClH/c1-23-16-10-12(21)8-9-14(16)18-15(11-17(25)27-2)22-24(20(26)19(18)23)13-6-4-3-5-7-13;/h3-10H,11H2,1-2H3;1H.